The van der Waals surface area contributed by atoms with E-state index in [4.69, 9.17) is 0 Å². The van der Waals surface area contributed by atoms with E-state index in [0.717, 1.165) is 54.1 Å². The molecule has 0 fully saturated rings. The molecule has 4 aromatic rings. The molecule has 0 amide bonds. The minimum atomic E-state index is -0.133. The molecule has 0 nitrogen and oxygen atoms in total. The zero-order valence-electron chi connectivity index (χ0n) is 19.5. The van der Waals surface area contributed by atoms with Gasteiger partial charge in [-0.3, -0.25) is 0 Å². The van der Waals surface area contributed by atoms with Crippen LogP contribution in [0.2, 0.25) is 0 Å². The molecule has 0 saturated carbocycles. The predicted molar refractivity (Wildman–Crippen MR) is 155 cm³/mol. The molecule has 0 bridgehead atoms. The van der Waals surface area contributed by atoms with Crippen LogP contribution in [-0.2, 0) is 12.8 Å². The summed E-state index contributed by atoms with van der Waals surface area (Å²) in [6, 6.07) is 19.1. The summed E-state index contributed by atoms with van der Waals surface area (Å²) in [5, 5.41) is 0. The van der Waals surface area contributed by atoms with E-state index >= 15 is 0 Å². The second kappa shape index (κ2) is 13.3. The Bertz CT molecular complexity index is 1150. The van der Waals surface area contributed by atoms with Gasteiger partial charge in [-0.25, -0.2) is 8.78 Å². The summed E-state index contributed by atoms with van der Waals surface area (Å²) in [6.07, 6.45) is 10.0. The first kappa shape index (κ1) is 26.7. The van der Waals surface area contributed by atoms with Gasteiger partial charge in [-0.05, 0) is 105 Å². The van der Waals surface area contributed by atoms with E-state index in [2.05, 4.69) is 44.0 Å². The van der Waals surface area contributed by atoms with Gasteiger partial charge in [0.15, 0.2) is 0 Å². The first-order valence-electron chi connectivity index (χ1n) is 12.1. The Morgan fingerprint density at radius 1 is 0.514 bits per heavy atom. The maximum absolute atomic E-state index is 14.5. The minimum absolute atomic E-state index is 0.133. The second-order valence-corrected chi connectivity index (χ2v) is 13.7. The lowest BCUT2D eigenvalue weighted by molar-refractivity contribution is 0.576. The molecule has 0 aliphatic carbocycles. The van der Waals surface area contributed by atoms with Gasteiger partial charge < -0.3 is 0 Å². The van der Waals surface area contributed by atoms with Crippen LogP contribution < -0.4 is 0 Å². The number of benzene rings is 2. The molecule has 2 aromatic carbocycles. The summed E-state index contributed by atoms with van der Waals surface area (Å²) in [6.45, 7) is 0. The van der Waals surface area contributed by atoms with E-state index in [1.54, 1.807) is 34.8 Å². The van der Waals surface area contributed by atoms with E-state index in [9.17, 15) is 8.78 Å². The topological polar surface area (TPSA) is 0 Å². The SMILES string of the molecule is Fc1cc(CCCCCCCCCc2ccc(-c3ccc(Br)s3)c(F)c2)ccc1-c1ccc(Br)s1. The first-order valence-corrected chi connectivity index (χ1v) is 15.3. The molecule has 0 radical (unpaired) electrons. The normalized spacial score (nSPS) is 11.3. The van der Waals surface area contributed by atoms with Crippen molar-refractivity contribution in [1.82, 2.24) is 0 Å². The van der Waals surface area contributed by atoms with E-state index in [0.29, 0.717) is 11.1 Å². The highest BCUT2D eigenvalue weighted by Gasteiger charge is 2.10. The summed E-state index contributed by atoms with van der Waals surface area (Å²) < 4.78 is 31.0. The van der Waals surface area contributed by atoms with Crippen LogP contribution in [0.1, 0.15) is 56.1 Å². The molecule has 0 spiro atoms. The number of aryl methyl sites for hydroxylation is 2. The fourth-order valence-electron chi connectivity index (χ4n) is 4.29. The molecule has 184 valence electrons. The van der Waals surface area contributed by atoms with Crippen LogP contribution in [0.25, 0.3) is 20.9 Å². The van der Waals surface area contributed by atoms with Gasteiger partial charge in [0.2, 0.25) is 0 Å². The van der Waals surface area contributed by atoms with Gasteiger partial charge in [-0.15, -0.1) is 22.7 Å². The Balaban J connectivity index is 1.09. The molecular weight excluding hydrogens is 610 g/mol. The molecule has 0 aliphatic heterocycles. The van der Waals surface area contributed by atoms with Crippen LogP contribution in [0.5, 0.6) is 0 Å². The van der Waals surface area contributed by atoms with E-state index < -0.39 is 0 Å². The molecule has 0 unspecified atom stereocenters. The maximum Gasteiger partial charge on any atom is 0.132 e. The number of hydrogen-bond acceptors (Lipinski definition) is 2. The van der Waals surface area contributed by atoms with Crippen LogP contribution in [0.3, 0.4) is 0 Å². The number of hydrogen-bond donors (Lipinski definition) is 0. The van der Waals surface area contributed by atoms with Crippen molar-refractivity contribution in [2.24, 2.45) is 0 Å². The van der Waals surface area contributed by atoms with Gasteiger partial charge in [-0.2, -0.15) is 0 Å². The molecule has 0 atom stereocenters. The highest BCUT2D eigenvalue weighted by Crippen LogP contribution is 2.34. The van der Waals surface area contributed by atoms with Gasteiger partial charge in [0.05, 0.1) is 7.57 Å². The standard InChI is InChI=1S/C29H28Br2F2S2/c30-28-16-14-26(34-28)22-12-10-20(18-24(22)32)8-6-4-2-1-3-5-7-9-21-11-13-23(25(33)19-21)27-15-17-29(31)35-27/h10-19H,1-9H2. The number of unbranched alkanes of at least 4 members (excludes halogenated alkanes) is 6. The van der Waals surface area contributed by atoms with Crippen molar-refractivity contribution in [2.45, 2.75) is 57.8 Å². The highest BCUT2D eigenvalue weighted by molar-refractivity contribution is 9.11. The van der Waals surface area contributed by atoms with Crippen LogP contribution in [0.4, 0.5) is 8.78 Å². The van der Waals surface area contributed by atoms with Crippen molar-refractivity contribution in [3.05, 3.63) is 91.0 Å². The van der Waals surface area contributed by atoms with Gasteiger partial charge >= 0.3 is 0 Å². The molecule has 0 aliphatic rings. The van der Waals surface area contributed by atoms with E-state index in [1.807, 2.05) is 36.4 Å². The molecule has 6 heteroatoms. The fourth-order valence-corrected chi connectivity index (χ4v) is 7.11. The number of halogens is 4. The third-order valence-corrected chi connectivity index (χ3v) is 9.49. The molecule has 0 saturated heterocycles. The lowest BCUT2D eigenvalue weighted by atomic mass is 10.0. The lowest BCUT2D eigenvalue weighted by Crippen LogP contribution is -1.91. The van der Waals surface area contributed by atoms with E-state index in [-0.39, 0.29) is 11.6 Å². The van der Waals surface area contributed by atoms with Gasteiger partial charge in [0.25, 0.3) is 0 Å². The Hall–Kier alpha value is -1.34. The van der Waals surface area contributed by atoms with Crippen molar-refractivity contribution in [3.63, 3.8) is 0 Å². The van der Waals surface area contributed by atoms with Crippen molar-refractivity contribution in [2.75, 3.05) is 0 Å². The highest BCUT2D eigenvalue weighted by atomic mass is 79.9. The lowest BCUT2D eigenvalue weighted by Gasteiger charge is -2.06. The monoisotopic (exact) mass is 636 g/mol. The minimum Gasteiger partial charge on any atom is -0.206 e. The van der Waals surface area contributed by atoms with Crippen LogP contribution in [0.15, 0.2) is 68.2 Å². The summed E-state index contributed by atoms with van der Waals surface area (Å²) in [7, 11) is 0. The van der Waals surface area contributed by atoms with Crippen molar-refractivity contribution < 1.29 is 8.78 Å². The van der Waals surface area contributed by atoms with Crippen molar-refractivity contribution in [3.8, 4) is 20.9 Å². The molecule has 4 rings (SSSR count). The second-order valence-electron chi connectivity index (χ2n) is 8.81. The van der Waals surface area contributed by atoms with Gasteiger partial charge in [0, 0.05) is 20.9 Å². The van der Waals surface area contributed by atoms with Crippen molar-refractivity contribution >= 4 is 54.5 Å². The quantitative estimate of drug-likeness (QED) is 0.136. The van der Waals surface area contributed by atoms with Crippen LogP contribution >= 0.6 is 54.5 Å². The average Bonchev–Trinajstić information content (AvgIpc) is 3.46. The largest absolute Gasteiger partial charge is 0.206 e. The van der Waals surface area contributed by atoms with Crippen LogP contribution in [-0.4, -0.2) is 0 Å². The Morgan fingerprint density at radius 2 is 0.914 bits per heavy atom. The Morgan fingerprint density at radius 3 is 1.26 bits per heavy atom. The third-order valence-electron chi connectivity index (χ3n) is 6.18. The van der Waals surface area contributed by atoms with Crippen molar-refractivity contribution in [1.29, 1.82) is 0 Å². The molecule has 35 heavy (non-hydrogen) atoms. The summed E-state index contributed by atoms with van der Waals surface area (Å²) in [5.74, 6) is -0.267. The zero-order valence-corrected chi connectivity index (χ0v) is 24.3. The third kappa shape index (κ3) is 7.82. The summed E-state index contributed by atoms with van der Waals surface area (Å²) in [4.78, 5) is 1.91. The Labute approximate surface area is 231 Å². The maximum atomic E-state index is 14.5. The Kier molecular flexibility index (Phi) is 10.1. The summed E-state index contributed by atoms with van der Waals surface area (Å²) >= 11 is 9.99. The molecule has 0 N–H and O–H groups in total. The fraction of sp³-hybridized carbons (Fsp3) is 0.310. The molecular formula is C29H28Br2F2S2. The number of thiophene rings is 2. The molecule has 2 aromatic heterocycles. The molecule has 2 heterocycles. The average molecular weight is 638 g/mol. The smallest absolute Gasteiger partial charge is 0.132 e. The zero-order chi connectivity index (χ0) is 24.6. The van der Waals surface area contributed by atoms with Gasteiger partial charge in [-0.1, -0.05) is 56.4 Å². The number of rotatable bonds is 12. The van der Waals surface area contributed by atoms with Crippen LogP contribution in [0, 0.1) is 11.6 Å². The van der Waals surface area contributed by atoms with E-state index in [1.165, 1.54) is 32.1 Å². The predicted octanol–water partition coefficient (Wildman–Crippen LogP) is 11.5. The summed E-state index contributed by atoms with van der Waals surface area (Å²) in [5.41, 5.74) is 3.51. The first-order chi connectivity index (χ1) is 17.0. The van der Waals surface area contributed by atoms with Gasteiger partial charge in [0.1, 0.15) is 11.6 Å².